The maximum absolute atomic E-state index is 12.2. The minimum absolute atomic E-state index is 0.0624. The van der Waals surface area contributed by atoms with Gasteiger partial charge in [0.15, 0.2) is 0 Å². The lowest BCUT2D eigenvalue weighted by Crippen LogP contribution is -2.53. The van der Waals surface area contributed by atoms with Crippen molar-refractivity contribution in [2.24, 2.45) is 5.14 Å². The van der Waals surface area contributed by atoms with Gasteiger partial charge in [0.25, 0.3) is 10.2 Å². The average Bonchev–Trinajstić information content (AvgIpc) is 2.37. The third kappa shape index (κ3) is 5.29. The fourth-order valence-corrected chi connectivity index (χ4v) is 3.67. The van der Waals surface area contributed by atoms with Crippen LogP contribution in [0.4, 0.5) is 0 Å². The number of unbranched alkanes of at least 4 members (excludes halogenated alkanes) is 1. The van der Waals surface area contributed by atoms with Gasteiger partial charge >= 0.3 is 0 Å². The Kier molecular flexibility index (Phi) is 6.58. The molecule has 1 fully saturated rings. The van der Waals surface area contributed by atoms with Crippen molar-refractivity contribution in [3.05, 3.63) is 0 Å². The van der Waals surface area contributed by atoms with E-state index in [1.54, 1.807) is 16.7 Å². The topological polar surface area (TPSA) is 83.7 Å². The third-order valence-corrected chi connectivity index (χ3v) is 5.43. The summed E-state index contributed by atoms with van der Waals surface area (Å²) in [5.74, 6) is 1.08. The van der Waals surface area contributed by atoms with E-state index in [1.165, 1.54) is 4.31 Å². The van der Waals surface area contributed by atoms with Crippen molar-refractivity contribution in [3.63, 3.8) is 0 Å². The summed E-state index contributed by atoms with van der Waals surface area (Å²) in [5.41, 5.74) is 0. The molecular formula is C11H23N3O3S2. The lowest BCUT2D eigenvalue weighted by molar-refractivity contribution is -0.131. The van der Waals surface area contributed by atoms with Gasteiger partial charge in [0.2, 0.25) is 5.91 Å². The lowest BCUT2D eigenvalue weighted by atomic mass is 10.3. The molecule has 1 aliphatic rings. The Morgan fingerprint density at radius 1 is 1.32 bits per heavy atom. The first-order valence-corrected chi connectivity index (χ1v) is 9.09. The highest BCUT2D eigenvalue weighted by molar-refractivity contribution is 8.00. The van der Waals surface area contributed by atoms with Crippen molar-refractivity contribution in [1.29, 1.82) is 0 Å². The molecule has 1 atom stereocenters. The quantitative estimate of drug-likeness (QED) is 0.713. The number of rotatable bonds is 6. The second-order valence-corrected chi connectivity index (χ2v) is 7.63. The average molecular weight is 309 g/mol. The Bertz CT molecular complexity index is 392. The number of nitrogens with zero attached hydrogens (tertiary/aromatic N) is 2. The van der Waals surface area contributed by atoms with Crippen LogP contribution in [0.5, 0.6) is 0 Å². The van der Waals surface area contributed by atoms with E-state index in [2.05, 4.69) is 6.92 Å². The monoisotopic (exact) mass is 309 g/mol. The van der Waals surface area contributed by atoms with Crippen molar-refractivity contribution in [3.8, 4) is 0 Å². The highest BCUT2D eigenvalue weighted by atomic mass is 32.2. The first kappa shape index (κ1) is 16.7. The van der Waals surface area contributed by atoms with Crippen LogP contribution < -0.4 is 5.14 Å². The molecule has 1 rings (SSSR count). The maximum Gasteiger partial charge on any atom is 0.277 e. The van der Waals surface area contributed by atoms with E-state index in [-0.39, 0.29) is 24.2 Å². The minimum Gasteiger partial charge on any atom is -0.339 e. The number of nitrogens with two attached hydrogens (primary N) is 1. The normalized spacial score (nSPS) is 19.4. The van der Waals surface area contributed by atoms with E-state index in [1.807, 2.05) is 6.92 Å². The molecule has 0 aromatic heterocycles. The Labute approximate surface area is 119 Å². The van der Waals surface area contributed by atoms with E-state index in [4.69, 9.17) is 5.14 Å². The zero-order valence-electron chi connectivity index (χ0n) is 11.5. The Morgan fingerprint density at radius 3 is 2.37 bits per heavy atom. The van der Waals surface area contributed by atoms with Crippen molar-refractivity contribution >= 4 is 27.9 Å². The number of amides is 1. The van der Waals surface area contributed by atoms with E-state index >= 15 is 0 Å². The molecule has 0 aromatic carbocycles. The molecule has 19 heavy (non-hydrogen) atoms. The van der Waals surface area contributed by atoms with Gasteiger partial charge in [-0.15, -0.1) is 11.8 Å². The van der Waals surface area contributed by atoms with Crippen LogP contribution in [0.25, 0.3) is 0 Å². The molecule has 0 aromatic rings. The van der Waals surface area contributed by atoms with Gasteiger partial charge in [-0.25, -0.2) is 5.14 Å². The summed E-state index contributed by atoms with van der Waals surface area (Å²) in [6.07, 6.45) is 2.24. The van der Waals surface area contributed by atoms with Crippen LogP contribution in [0.3, 0.4) is 0 Å². The van der Waals surface area contributed by atoms with E-state index in [0.29, 0.717) is 13.1 Å². The molecule has 0 bridgehead atoms. The molecule has 1 amide bonds. The molecule has 0 spiro atoms. The summed E-state index contributed by atoms with van der Waals surface area (Å²) in [5, 5.41) is 5.00. The standard InChI is InChI=1S/C11H23N3O3S2/c1-3-4-9-18-10(2)11(15)13-5-7-14(8-6-13)19(12,16)17/h10H,3-9H2,1-2H3,(H2,12,16,17). The van der Waals surface area contributed by atoms with Crippen molar-refractivity contribution in [2.75, 3.05) is 31.9 Å². The molecule has 8 heteroatoms. The Morgan fingerprint density at radius 2 is 1.89 bits per heavy atom. The van der Waals surface area contributed by atoms with Gasteiger partial charge in [-0.1, -0.05) is 13.3 Å². The molecule has 1 heterocycles. The summed E-state index contributed by atoms with van der Waals surface area (Å²) in [6, 6.07) is 0. The molecule has 6 nitrogen and oxygen atoms in total. The second kappa shape index (κ2) is 7.47. The molecule has 1 unspecified atom stereocenters. The van der Waals surface area contributed by atoms with Crippen LogP contribution in [0.1, 0.15) is 26.7 Å². The highest BCUT2D eigenvalue weighted by Gasteiger charge is 2.28. The predicted octanol–water partition coefficient (Wildman–Crippen LogP) is 0.256. The van der Waals surface area contributed by atoms with Crippen LogP contribution in [-0.4, -0.2) is 60.7 Å². The fraction of sp³-hybridized carbons (Fsp3) is 0.909. The minimum atomic E-state index is -3.62. The summed E-state index contributed by atoms with van der Waals surface area (Å²) in [7, 11) is -3.62. The van der Waals surface area contributed by atoms with Crippen LogP contribution in [0, 0.1) is 0 Å². The first-order valence-electron chi connectivity index (χ1n) is 6.54. The number of carbonyl (C=O) groups excluding carboxylic acids is 1. The first-order chi connectivity index (χ1) is 8.86. The summed E-state index contributed by atoms with van der Waals surface area (Å²) < 4.78 is 23.5. The Balaban J connectivity index is 2.40. The van der Waals surface area contributed by atoms with Gasteiger partial charge in [0.1, 0.15) is 0 Å². The summed E-state index contributed by atoms with van der Waals surface area (Å²) in [4.78, 5) is 13.9. The molecule has 112 valence electrons. The number of piperazine rings is 1. The van der Waals surface area contributed by atoms with E-state index in [9.17, 15) is 13.2 Å². The Hall–Kier alpha value is -0.310. The lowest BCUT2D eigenvalue weighted by Gasteiger charge is -2.34. The van der Waals surface area contributed by atoms with Gasteiger partial charge < -0.3 is 4.90 Å². The van der Waals surface area contributed by atoms with Gasteiger partial charge in [-0.05, 0) is 19.1 Å². The molecule has 1 saturated heterocycles. The van der Waals surface area contributed by atoms with Crippen LogP contribution in [0.2, 0.25) is 0 Å². The van der Waals surface area contributed by atoms with E-state index in [0.717, 1.165) is 18.6 Å². The van der Waals surface area contributed by atoms with Gasteiger partial charge in [-0.3, -0.25) is 4.79 Å². The molecule has 0 aliphatic carbocycles. The molecular weight excluding hydrogens is 286 g/mol. The van der Waals surface area contributed by atoms with E-state index < -0.39 is 10.2 Å². The number of hydrogen-bond acceptors (Lipinski definition) is 4. The zero-order chi connectivity index (χ0) is 14.5. The molecule has 2 N–H and O–H groups in total. The highest BCUT2D eigenvalue weighted by Crippen LogP contribution is 2.16. The summed E-state index contributed by atoms with van der Waals surface area (Å²) >= 11 is 1.66. The maximum atomic E-state index is 12.2. The van der Waals surface area contributed by atoms with Crippen LogP contribution >= 0.6 is 11.8 Å². The van der Waals surface area contributed by atoms with Gasteiger partial charge in [-0.2, -0.15) is 12.7 Å². The smallest absolute Gasteiger partial charge is 0.277 e. The number of hydrogen-bond donors (Lipinski definition) is 1. The number of thioether (sulfide) groups is 1. The molecule has 0 radical (unpaired) electrons. The van der Waals surface area contributed by atoms with Gasteiger partial charge in [0.05, 0.1) is 5.25 Å². The zero-order valence-corrected chi connectivity index (χ0v) is 13.2. The van der Waals surface area contributed by atoms with Gasteiger partial charge in [0, 0.05) is 26.2 Å². The fourth-order valence-electron chi connectivity index (χ4n) is 1.90. The second-order valence-electron chi connectivity index (χ2n) is 4.64. The largest absolute Gasteiger partial charge is 0.339 e. The summed E-state index contributed by atoms with van der Waals surface area (Å²) in [6.45, 7) is 5.46. The predicted molar refractivity (Wildman–Crippen MR) is 78.1 cm³/mol. The SMILES string of the molecule is CCCCSC(C)C(=O)N1CCN(S(N)(=O)=O)CC1. The molecule has 1 aliphatic heterocycles. The third-order valence-electron chi connectivity index (χ3n) is 3.12. The van der Waals surface area contributed by atoms with Crippen molar-refractivity contribution < 1.29 is 13.2 Å². The molecule has 0 saturated carbocycles. The van der Waals surface area contributed by atoms with Crippen molar-refractivity contribution in [1.82, 2.24) is 9.21 Å². The van der Waals surface area contributed by atoms with Crippen LogP contribution in [0.15, 0.2) is 0 Å². The number of carbonyl (C=O) groups is 1. The van der Waals surface area contributed by atoms with Crippen LogP contribution in [-0.2, 0) is 15.0 Å². The van der Waals surface area contributed by atoms with Crippen molar-refractivity contribution in [2.45, 2.75) is 31.9 Å².